The first-order valence-electron chi connectivity index (χ1n) is 8.75. The van der Waals surface area contributed by atoms with Crippen molar-refractivity contribution in [1.82, 2.24) is 0 Å². The number of anilines is 2. The van der Waals surface area contributed by atoms with Crippen molar-refractivity contribution in [2.45, 2.75) is 6.42 Å². The maximum Gasteiger partial charge on any atom is 0.255 e. The van der Waals surface area contributed by atoms with E-state index in [1.165, 1.54) is 25.3 Å². The number of amides is 2. The van der Waals surface area contributed by atoms with E-state index in [1.807, 2.05) is 0 Å². The third kappa shape index (κ3) is 5.12. The summed E-state index contributed by atoms with van der Waals surface area (Å²) in [5.74, 6) is -0.707. The summed E-state index contributed by atoms with van der Waals surface area (Å²) in [5, 5.41) is 5.64. The van der Waals surface area contributed by atoms with Crippen LogP contribution < -0.4 is 15.4 Å². The molecule has 0 heterocycles. The molecule has 148 valence electrons. The van der Waals surface area contributed by atoms with Crippen molar-refractivity contribution in [3.05, 3.63) is 88.7 Å². The highest BCUT2D eigenvalue weighted by Gasteiger charge is 2.13. The van der Waals surface area contributed by atoms with Crippen LogP contribution in [0.2, 0.25) is 5.02 Å². The molecule has 3 aromatic rings. The van der Waals surface area contributed by atoms with E-state index in [9.17, 15) is 14.0 Å². The van der Waals surface area contributed by atoms with Gasteiger partial charge in [-0.05, 0) is 48.5 Å². The van der Waals surface area contributed by atoms with Gasteiger partial charge in [0.25, 0.3) is 5.91 Å². The Morgan fingerprint density at radius 2 is 1.69 bits per heavy atom. The van der Waals surface area contributed by atoms with E-state index in [0.29, 0.717) is 22.7 Å². The molecule has 2 N–H and O–H groups in total. The molecule has 29 heavy (non-hydrogen) atoms. The number of methoxy groups -OCH3 is 1. The lowest BCUT2D eigenvalue weighted by Gasteiger charge is -2.11. The number of carbonyl (C=O) groups excluding carboxylic acids is 2. The van der Waals surface area contributed by atoms with Gasteiger partial charge in [-0.25, -0.2) is 4.39 Å². The molecular formula is C22H18ClFN2O3. The number of hydrogen-bond donors (Lipinski definition) is 2. The van der Waals surface area contributed by atoms with Crippen LogP contribution in [0.5, 0.6) is 5.75 Å². The fourth-order valence-electron chi connectivity index (χ4n) is 2.71. The maximum absolute atomic E-state index is 13.8. The number of nitrogens with one attached hydrogen (secondary N) is 2. The minimum Gasteiger partial charge on any atom is -0.495 e. The number of ether oxygens (including phenoxy) is 1. The van der Waals surface area contributed by atoms with Gasteiger partial charge in [0.2, 0.25) is 5.91 Å². The second-order valence-corrected chi connectivity index (χ2v) is 6.56. The molecule has 0 aliphatic rings. The summed E-state index contributed by atoms with van der Waals surface area (Å²) < 4.78 is 19.0. The highest BCUT2D eigenvalue weighted by Crippen LogP contribution is 2.24. The average Bonchev–Trinajstić information content (AvgIpc) is 2.72. The Balaban J connectivity index is 1.64. The van der Waals surface area contributed by atoms with Crippen molar-refractivity contribution in [2.75, 3.05) is 17.7 Å². The number of carbonyl (C=O) groups is 2. The van der Waals surface area contributed by atoms with Crippen molar-refractivity contribution in [1.29, 1.82) is 0 Å². The van der Waals surface area contributed by atoms with E-state index < -0.39 is 11.7 Å². The van der Waals surface area contributed by atoms with E-state index in [1.54, 1.807) is 48.5 Å². The zero-order valence-electron chi connectivity index (χ0n) is 15.5. The summed E-state index contributed by atoms with van der Waals surface area (Å²) in [4.78, 5) is 24.6. The van der Waals surface area contributed by atoms with Crippen LogP contribution in [0.3, 0.4) is 0 Å². The predicted molar refractivity (Wildman–Crippen MR) is 111 cm³/mol. The van der Waals surface area contributed by atoms with E-state index in [2.05, 4.69) is 10.6 Å². The lowest BCUT2D eigenvalue weighted by atomic mass is 10.1. The van der Waals surface area contributed by atoms with Gasteiger partial charge in [-0.3, -0.25) is 9.59 Å². The van der Waals surface area contributed by atoms with Crippen molar-refractivity contribution in [3.63, 3.8) is 0 Å². The average molecular weight is 413 g/mol. The zero-order valence-corrected chi connectivity index (χ0v) is 16.3. The van der Waals surface area contributed by atoms with Crippen LogP contribution >= 0.6 is 11.6 Å². The highest BCUT2D eigenvalue weighted by molar-refractivity contribution is 6.31. The molecule has 0 bridgehead atoms. The summed E-state index contributed by atoms with van der Waals surface area (Å²) in [6.07, 6.45) is -0.193. The highest BCUT2D eigenvalue weighted by atomic mass is 35.5. The van der Waals surface area contributed by atoms with E-state index in [4.69, 9.17) is 16.3 Å². The fraction of sp³-hybridized carbons (Fsp3) is 0.0909. The molecule has 0 spiro atoms. The molecule has 0 aromatic heterocycles. The van der Waals surface area contributed by atoms with Crippen LogP contribution in [0.25, 0.3) is 0 Å². The monoisotopic (exact) mass is 412 g/mol. The molecule has 0 atom stereocenters. The van der Waals surface area contributed by atoms with Crippen LogP contribution in [-0.4, -0.2) is 18.9 Å². The Hall–Kier alpha value is -3.38. The van der Waals surface area contributed by atoms with Gasteiger partial charge in [-0.15, -0.1) is 0 Å². The topological polar surface area (TPSA) is 67.4 Å². The van der Waals surface area contributed by atoms with Gasteiger partial charge >= 0.3 is 0 Å². The molecule has 0 saturated carbocycles. The molecule has 3 aromatic carbocycles. The predicted octanol–water partition coefficient (Wildman–Crippen LogP) is 4.92. The SMILES string of the molecule is COc1ccccc1NC(=O)c1ccc(NC(=O)Cc2c(F)cccc2Cl)cc1. The number of halogens is 2. The lowest BCUT2D eigenvalue weighted by molar-refractivity contribution is -0.115. The van der Waals surface area contributed by atoms with Crippen molar-refractivity contribution >= 4 is 34.8 Å². The third-order valence-electron chi connectivity index (χ3n) is 4.19. The molecule has 7 heteroatoms. The molecule has 2 amide bonds. The summed E-state index contributed by atoms with van der Waals surface area (Å²) in [6, 6.07) is 17.7. The first kappa shape index (κ1) is 20.4. The molecule has 0 aliphatic carbocycles. The Morgan fingerprint density at radius 1 is 0.966 bits per heavy atom. The number of benzene rings is 3. The summed E-state index contributed by atoms with van der Waals surface area (Å²) >= 11 is 5.95. The first-order valence-corrected chi connectivity index (χ1v) is 9.13. The maximum atomic E-state index is 13.8. The zero-order chi connectivity index (χ0) is 20.8. The van der Waals surface area contributed by atoms with Gasteiger partial charge in [-0.1, -0.05) is 29.8 Å². The Labute approximate surface area is 172 Å². The van der Waals surface area contributed by atoms with E-state index in [-0.39, 0.29) is 22.9 Å². The smallest absolute Gasteiger partial charge is 0.255 e. The fourth-order valence-corrected chi connectivity index (χ4v) is 2.94. The quantitative estimate of drug-likeness (QED) is 0.603. The third-order valence-corrected chi connectivity index (χ3v) is 4.54. The minimum absolute atomic E-state index is 0.138. The molecule has 5 nitrogen and oxygen atoms in total. The van der Waals surface area contributed by atoms with Gasteiger partial charge in [-0.2, -0.15) is 0 Å². The van der Waals surface area contributed by atoms with E-state index >= 15 is 0 Å². The molecule has 3 rings (SSSR count). The summed E-state index contributed by atoms with van der Waals surface area (Å²) in [7, 11) is 1.52. The number of hydrogen-bond acceptors (Lipinski definition) is 3. The van der Waals surface area contributed by atoms with Gasteiger partial charge in [0.15, 0.2) is 0 Å². The summed E-state index contributed by atoms with van der Waals surface area (Å²) in [5.41, 5.74) is 1.58. The van der Waals surface area contributed by atoms with Crippen LogP contribution in [-0.2, 0) is 11.2 Å². The van der Waals surface area contributed by atoms with Crippen LogP contribution in [0.4, 0.5) is 15.8 Å². The van der Waals surface area contributed by atoms with Crippen molar-refractivity contribution in [2.24, 2.45) is 0 Å². The normalized spacial score (nSPS) is 10.3. The van der Waals surface area contributed by atoms with Crippen molar-refractivity contribution in [3.8, 4) is 5.75 Å². The second-order valence-electron chi connectivity index (χ2n) is 6.16. The number of para-hydroxylation sites is 2. The van der Waals surface area contributed by atoms with Crippen LogP contribution in [0, 0.1) is 5.82 Å². The number of rotatable bonds is 6. The van der Waals surface area contributed by atoms with Gasteiger partial charge in [0.05, 0.1) is 19.2 Å². The van der Waals surface area contributed by atoms with Gasteiger partial charge in [0.1, 0.15) is 11.6 Å². The molecule has 0 aliphatic heterocycles. The van der Waals surface area contributed by atoms with Gasteiger partial charge < -0.3 is 15.4 Å². The first-order chi connectivity index (χ1) is 14.0. The molecular weight excluding hydrogens is 395 g/mol. The minimum atomic E-state index is -0.531. The van der Waals surface area contributed by atoms with Crippen LogP contribution in [0.1, 0.15) is 15.9 Å². The summed E-state index contributed by atoms with van der Waals surface area (Å²) in [6.45, 7) is 0. The lowest BCUT2D eigenvalue weighted by Crippen LogP contribution is -2.16. The van der Waals surface area contributed by atoms with Crippen molar-refractivity contribution < 1.29 is 18.7 Å². The molecule has 0 radical (unpaired) electrons. The molecule has 0 saturated heterocycles. The Morgan fingerprint density at radius 3 is 2.38 bits per heavy atom. The molecule has 0 fully saturated rings. The Kier molecular flexibility index (Phi) is 6.46. The Bertz CT molecular complexity index is 1020. The second kappa shape index (κ2) is 9.21. The largest absolute Gasteiger partial charge is 0.495 e. The van der Waals surface area contributed by atoms with E-state index in [0.717, 1.165) is 0 Å². The van der Waals surface area contributed by atoms with Gasteiger partial charge in [0, 0.05) is 21.8 Å². The standard InChI is InChI=1S/C22H18ClFN2O3/c1-29-20-8-3-2-7-19(20)26-22(28)14-9-11-15(12-10-14)25-21(27)13-16-17(23)5-4-6-18(16)24/h2-12H,13H2,1H3,(H,25,27)(H,26,28). The molecule has 0 unspecified atom stereocenters. The van der Waals surface area contributed by atoms with Crippen LogP contribution in [0.15, 0.2) is 66.7 Å².